The first kappa shape index (κ1) is 20.4. The number of para-hydroxylation sites is 2. The summed E-state index contributed by atoms with van der Waals surface area (Å²) in [7, 11) is 1.57. The molecular formula is C26H24N2O3. The van der Waals surface area contributed by atoms with Crippen LogP contribution in [0.4, 0.5) is 11.4 Å². The molecule has 3 aromatic carbocycles. The van der Waals surface area contributed by atoms with Crippen LogP contribution in [-0.4, -0.2) is 18.9 Å². The average Bonchev–Trinajstić information content (AvgIpc) is 3.01. The van der Waals surface area contributed by atoms with Crippen molar-refractivity contribution in [1.82, 2.24) is 0 Å². The number of carbonyl (C=O) groups is 2. The maximum atomic E-state index is 13.6. The predicted octanol–water partition coefficient (Wildman–Crippen LogP) is 5.02. The second-order valence-corrected chi connectivity index (χ2v) is 7.61. The molecule has 0 unspecified atom stereocenters. The highest BCUT2D eigenvalue weighted by molar-refractivity contribution is 6.46. The predicted molar refractivity (Wildman–Crippen MR) is 123 cm³/mol. The molecule has 0 fully saturated rings. The van der Waals surface area contributed by atoms with E-state index in [1.54, 1.807) is 19.2 Å². The number of amides is 2. The number of aryl methyl sites for hydroxylation is 2. The SMILES string of the molecule is COc1ccccc1NC1=C(c2ccc(C)cc2)C(=O)N(c2cccc(C)c2C)C1=O. The van der Waals surface area contributed by atoms with Gasteiger partial charge in [-0.25, -0.2) is 4.90 Å². The van der Waals surface area contributed by atoms with Gasteiger partial charge in [0.2, 0.25) is 0 Å². The van der Waals surface area contributed by atoms with Gasteiger partial charge in [0.05, 0.1) is 24.1 Å². The zero-order valence-corrected chi connectivity index (χ0v) is 18.0. The second kappa shape index (κ2) is 8.11. The summed E-state index contributed by atoms with van der Waals surface area (Å²) in [5, 5.41) is 3.18. The Morgan fingerprint density at radius 3 is 2.23 bits per heavy atom. The van der Waals surface area contributed by atoms with Crippen molar-refractivity contribution in [3.63, 3.8) is 0 Å². The van der Waals surface area contributed by atoms with Crippen molar-refractivity contribution >= 4 is 28.8 Å². The molecule has 31 heavy (non-hydrogen) atoms. The number of benzene rings is 3. The third-order valence-electron chi connectivity index (χ3n) is 5.61. The Balaban J connectivity index is 1.87. The largest absolute Gasteiger partial charge is 0.495 e. The third kappa shape index (κ3) is 3.59. The summed E-state index contributed by atoms with van der Waals surface area (Å²) in [6, 6.07) is 20.5. The van der Waals surface area contributed by atoms with Crippen molar-refractivity contribution in [2.75, 3.05) is 17.3 Å². The van der Waals surface area contributed by atoms with Crippen LogP contribution in [0, 0.1) is 20.8 Å². The zero-order valence-electron chi connectivity index (χ0n) is 18.0. The molecule has 156 valence electrons. The van der Waals surface area contributed by atoms with E-state index < -0.39 is 0 Å². The number of nitrogens with one attached hydrogen (secondary N) is 1. The van der Waals surface area contributed by atoms with Crippen LogP contribution in [-0.2, 0) is 9.59 Å². The van der Waals surface area contributed by atoms with E-state index in [1.165, 1.54) is 4.90 Å². The minimum atomic E-state index is -0.389. The van der Waals surface area contributed by atoms with E-state index in [0.717, 1.165) is 16.7 Å². The molecule has 1 aliphatic rings. The molecule has 3 aromatic rings. The maximum Gasteiger partial charge on any atom is 0.282 e. The monoisotopic (exact) mass is 412 g/mol. The molecule has 0 radical (unpaired) electrons. The minimum Gasteiger partial charge on any atom is -0.495 e. The number of nitrogens with zero attached hydrogens (tertiary/aromatic N) is 1. The lowest BCUT2D eigenvalue weighted by Gasteiger charge is -2.19. The van der Waals surface area contributed by atoms with Crippen LogP contribution < -0.4 is 15.0 Å². The lowest BCUT2D eigenvalue weighted by Crippen LogP contribution is -2.33. The van der Waals surface area contributed by atoms with Crippen LogP contribution in [0.5, 0.6) is 5.75 Å². The van der Waals surface area contributed by atoms with Gasteiger partial charge in [0.1, 0.15) is 11.4 Å². The highest BCUT2D eigenvalue weighted by Gasteiger charge is 2.41. The fourth-order valence-corrected chi connectivity index (χ4v) is 3.71. The van der Waals surface area contributed by atoms with Gasteiger partial charge >= 0.3 is 0 Å². The van der Waals surface area contributed by atoms with Crippen molar-refractivity contribution in [2.24, 2.45) is 0 Å². The van der Waals surface area contributed by atoms with Crippen molar-refractivity contribution in [1.29, 1.82) is 0 Å². The number of anilines is 2. The van der Waals surface area contributed by atoms with E-state index in [4.69, 9.17) is 4.74 Å². The summed E-state index contributed by atoms with van der Waals surface area (Å²) in [4.78, 5) is 28.4. The number of hydrogen-bond donors (Lipinski definition) is 1. The van der Waals surface area contributed by atoms with Crippen molar-refractivity contribution in [3.05, 3.63) is 94.7 Å². The Morgan fingerprint density at radius 1 is 0.806 bits per heavy atom. The van der Waals surface area contributed by atoms with E-state index in [1.807, 2.05) is 75.4 Å². The summed E-state index contributed by atoms with van der Waals surface area (Å²) < 4.78 is 5.43. The first-order chi connectivity index (χ1) is 14.9. The molecule has 0 aromatic heterocycles. The average molecular weight is 412 g/mol. The first-order valence-corrected chi connectivity index (χ1v) is 10.1. The number of imide groups is 1. The fraction of sp³-hybridized carbons (Fsp3) is 0.154. The lowest BCUT2D eigenvalue weighted by molar-refractivity contribution is -0.120. The summed E-state index contributed by atoms with van der Waals surface area (Å²) >= 11 is 0. The number of hydrogen-bond acceptors (Lipinski definition) is 4. The van der Waals surface area contributed by atoms with Crippen molar-refractivity contribution < 1.29 is 14.3 Å². The van der Waals surface area contributed by atoms with Crippen molar-refractivity contribution in [2.45, 2.75) is 20.8 Å². The smallest absolute Gasteiger partial charge is 0.282 e. The molecule has 0 bridgehead atoms. The van der Waals surface area contributed by atoms with Gasteiger partial charge in [-0.3, -0.25) is 9.59 Å². The molecule has 0 saturated carbocycles. The first-order valence-electron chi connectivity index (χ1n) is 10.1. The van der Waals surface area contributed by atoms with E-state index in [0.29, 0.717) is 28.3 Å². The Hall–Kier alpha value is -3.86. The molecule has 5 heteroatoms. The van der Waals surface area contributed by atoms with Gasteiger partial charge < -0.3 is 10.1 Å². The highest BCUT2D eigenvalue weighted by atomic mass is 16.5. The van der Waals surface area contributed by atoms with E-state index in [2.05, 4.69) is 5.32 Å². The van der Waals surface area contributed by atoms with Crippen LogP contribution >= 0.6 is 0 Å². The summed E-state index contributed by atoms with van der Waals surface area (Å²) in [6.07, 6.45) is 0. The lowest BCUT2D eigenvalue weighted by atomic mass is 10.0. The Kier molecular flexibility index (Phi) is 5.34. The highest BCUT2D eigenvalue weighted by Crippen LogP contribution is 2.37. The van der Waals surface area contributed by atoms with E-state index >= 15 is 0 Å². The second-order valence-electron chi connectivity index (χ2n) is 7.61. The molecule has 5 nitrogen and oxygen atoms in total. The van der Waals surface area contributed by atoms with Gasteiger partial charge in [0.15, 0.2) is 0 Å². The van der Waals surface area contributed by atoms with Gasteiger partial charge in [-0.15, -0.1) is 0 Å². The third-order valence-corrected chi connectivity index (χ3v) is 5.61. The van der Waals surface area contributed by atoms with Crippen LogP contribution in [0.3, 0.4) is 0 Å². The molecule has 0 atom stereocenters. The molecule has 1 aliphatic heterocycles. The molecule has 0 aliphatic carbocycles. The molecule has 0 saturated heterocycles. The summed E-state index contributed by atoms with van der Waals surface area (Å²) in [5.41, 5.74) is 5.47. The van der Waals surface area contributed by atoms with E-state index in [9.17, 15) is 9.59 Å². The fourth-order valence-electron chi connectivity index (χ4n) is 3.71. The Labute approximate surface area is 182 Å². The molecule has 1 heterocycles. The Bertz CT molecular complexity index is 1210. The van der Waals surface area contributed by atoms with Gasteiger partial charge in [-0.05, 0) is 55.7 Å². The number of rotatable bonds is 5. The minimum absolute atomic E-state index is 0.235. The van der Waals surface area contributed by atoms with Gasteiger partial charge in [-0.1, -0.05) is 54.1 Å². The topological polar surface area (TPSA) is 58.6 Å². The van der Waals surface area contributed by atoms with Crippen LogP contribution in [0.2, 0.25) is 0 Å². The van der Waals surface area contributed by atoms with Gasteiger partial charge in [0.25, 0.3) is 11.8 Å². The zero-order chi connectivity index (χ0) is 22.1. The van der Waals surface area contributed by atoms with Gasteiger partial charge in [0, 0.05) is 0 Å². The summed E-state index contributed by atoms with van der Waals surface area (Å²) in [5.74, 6) is -0.149. The number of methoxy groups -OCH3 is 1. The van der Waals surface area contributed by atoms with Gasteiger partial charge in [-0.2, -0.15) is 0 Å². The molecule has 4 rings (SSSR count). The molecule has 2 amide bonds. The summed E-state index contributed by atoms with van der Waals surface area (Å²) in [6.45, 7) is 5.87. The molecule has 0 spiro atoms. The molecule has 1 N–H and O–H groups in total. The number of ether oxygens (including phenoxy) is 1. The maximum absolute atomic E-state index is 13.6. The van der Waals surface area contributed by atoms with Crippen LogP contribution in [0.15, 0.2) is 72.4 Å². The number of carbonyl (C=O) groups excluding carboxylic acids is 2. The van der Waals surface area contributed by atoms with Crippen LogP contribution in [0.25, 0.3) is 5.57 Å². The molecular weight excluding hydrogens is 388 g/mol. The van der Waals surface area contributed by atoms with Crippen LogP contribution in [0.1, 0.15) is 22.3 Å². The quantitative estimate of drug-likeness (QED) is 0.598. The Morgan fingerprint density at radius 2 is 1.52 bits per heavy atom. The standard InChI is InChI=1S/C26H24N2O3/c1-16-12-14-19(15-13-16)23-24(27-20-9-5-6-11-22(20)31-4)26(30)28(25(23)29)21-10-7-8-17(2)18(21)3/h5-15,27H,1-4H3. The van der Waals surface area contributed by atoms with E-state index in [-0.39, 0.29) is 17.5 Å². The normalized spacial score (nSPS) is 13.7. The van der Waals surface area contributed by atoms with Crippen molar-refractivity contribution in [3.8, 4) is 5.75 Å².